The lowest BCUT2D eigenvalue weighted by molar-refractivity contribution is -0.159. The molecule has 0 saturated heterocycles. The van der Waals surface area contributed by atoms with Crippen LogP contribution in [0.5, 0.6) is 0 Å². The van der Waals surface area contributed by atoms with Crippen molar-refractivity contribution in [2.24, 2.45) is 11.8 Å². The lowest BCUT2D eigenvalue weighted by Gasteiger charge is -2.33. The monoisotopic (exact) mass is 317 g/mol. The minimum atomic E-state index is 0. The number of esters is 1. The van der Waals surface area contributed by atoms with Crippen molar-refractivity contribution in [1.29, 1.82) is 0 Å². The summed E-state index contributed by atoms with van der Waals surface area (Å²) in [6.07, 6.45) is 12.3. The van der Waals surface area contributed by atoms with Crippen LogP contribution in [0.1, 0.15) is 64.2 Å². The number of carbonyl (C=O) groups is 1. The Labute approximate surface area is 136 Å². The van der Waals surface area contributed by atoms with Crippen LogP contribution in [0.25, 0.3) is 0 Å². The Morgan fingerprint density at radius 1 is 1.00 bits per heavy atom. The lowest BCUT2D eigenvalue weighted by Crippen LogP contribution is -2.39. The van der Waals surface area contributed by atoms with Gasteiger partial charge in [0.1, 0.15) is 6.10 Å². The third kappa shape index (κ3) is 6.15. The van der Waals surface area contributed by atoms with Crippen LogP contribution in [0.3, 0.4) is 0 Å². The molecule has 4 heteroatoms. The molecule has 0 bridgehead atoms. The molecule has 2 saturated carbocycles. The summed E-state index contributed by atoms with van der Waals surface area (Å²) in [5.41, 5.74) is 0. The summed E-state index contributed by atoms with van der Waals surface area (Å²) in [5.74, 6) is 0.845. The fourth-order valence-electron chi connectivity index (χ4n) is 3.73. The largest absolute Gasteiger partial charge is 0.460 e. The molecular formula is C17H32ClNO2. The van der Waals surface area contributed by atoms with Crippen molar-refractivity contribution in [1.82, 2.24) is 4.90 Å². The van der Waals surface area contributed by atoms with E-state index in [2.05, 4.69) is 19.0 Å². The van der Waals surface area contributed by atoms with Crippen LogP contribution in [0.4, 0.5) is 0 Å². The fraction of sp³-hybridized carbons (Fsp3) is 0.941. The molecule has 0 aromatic carbocycles. The van der Waals surface area contributed by atoms with E-state index in [0.717, 1.165) is 19.4 Å². The summed E-state index contributed by atoms with van der Waals surface area (Å²) in [6.45, 7) is 0.878. The van der Waals surface area contributed by atoms with Crippen LogP contribution in [0.2, 0.25) is 0 Å². The highest BCUT2D eigenvalue weighted by molar-refractivity contribution is 5.85. The molecule has 2 rings (SSSR count). The van der Waals surface area contributed by atoms with Gasteiger partial charge in [-0.1, -0.05) is 38.5 Å². The van der Waals surface area contributed by atoms with Gasteiger partial charge >= 0.3 is 5.97 Å². The Balaban J connectivity index is 0.00000220. The predicted octanol–water partition coefficient (Wildman–Crippen LogP) is 4.04. The summed E-state index contributed by atoms with van der Waals surface area (Å²) < 4.78 is 5.96. The maximum atomic E-state index is 12.4. The normalized spacial score (nSPS) is 22.6. The van der Waals surface area contributed by atoms with Gasteiger partial charge in [0.2, 0.25) is 0 Å². The number of ether oxygens (including phenoxy) is 1. The second-order valence-electron chi connectivity index (χ2n) is 6.97. The zero-order valence-corrected chi connectivity index (χ0v) is 14.5. The van der Waals surface area contributed by atoms with Crippen molar-refractivity contribution in [2.45, 2.75) is 70.3 Å². The minimum Gasteiger partial charge on any atom is -0.460 e. The molecule has 0 N–H and O–H groups in total. The Morgan fingerprint density at radius 3 is 2.05 bits per heavy atom. The highest BCUT2D eigenvalue weighted by Gasteiger charge is 2.30. The molecule has 124 valence electrons. The average molecular weight is 318 g/mol. The summed E-state index contributed by atoms with van der Waals surface area (Å²) in [7, 11) is 4.15. The molecule has 0 spiro atoms. The van der Waals surface area contributed by atoms with Crippen molar-refractivity contribution in [3.63, 3.8) is 0 Å². The zero-order valence-electron chi connectivity index (χ0n) is 13.7. The van der Waals surface area contributed by atoms with E-state index in [9.17, 15) is 4.79 Å². The number of likely N-dealkylation sites (N-methyl/N-ethyl adjacent to an activating group) is 1. The van der Waals surface area contributed by atoms with Gasteiger partial charge in [-0.25, -0.2) is 0 Å². The third-order valence-corrected chi connectivity index (χ3v) is 4.93. The zero-order chi connectivity index (χ0) is 14.4. The van der Waals surface area contributed by atoms with E-state index < -0.39 is 0 Å². The van der Waals surface area contributed by atoms with Crippen LogP contribution in [-0.4, -0.2) is 37.6 Å². The second kappa shape index (κ2) is 9.68. The first-order chi connectivity index (χ1) is 9.66. The topological polar surface area (TPSA) is 29.5 Å². The van der Waals surface area contributed by atoms with Gasteiger partial charge in [-0.05, 0) is 45.7 Å². The number of hydrogen-bond donors (Lipinski definition) is 0. The number of rotatable bonds is 5. The highest BCUT2D eigenvalue weighted by atomic mass is 35.5. The van der Waals surface area contributed by atoms with E-state index in [1.165, 1.54) is 51.4 Å². The lowest BCUT2D eigenvalue weighted by atomic mass is 9.84. The molecule has 0 aliphatic heterocycles. The molecule has 0 radical (unpaired) electrons. The van der Waals surface area contributed by atoms with Gasteiger partial charge in [-0.2, -0.15) is 0 Å². The SMILES string of the molecule is CN(C)CC(OC(=O)C1CCCCC1)C1CCCCC1.Cl. The van der Waals surface area contributed by atoms with Gasteiger partial charge in [-0.3, -0.25) is 4.79 Å². The van der Waals surface area contributed by atoms with Crippen LogP contribution < -0.4 is 0 Å². The molecule has 3 nitrogen and oxygen atoms in total. The van der Waals surface area contributed by atoms with Crippen LogP contribution in [-0.2, 0) is 9.53 Å². The smallest absolute Gasteiger partial charge is 0.309 e. The molecule has 0 heterocycles. The van der Waals surface area contributed by atoms with Crippen molar-refractivity contribution in [2.75, 3.05) is 20.6 Å². The van der Waals surface area contributed by atoms with Gasteiger partial charge in [0.25, 0.3) is 0 Å². The van der Waals surface area contributed by atoms with Crippen LogP contribution in [0, 0.1) is 11.8 Å². The Bertz CT molecular complexity index is 297. The van der Waals surface area contributed by atoms with E-state index in [1.807, 2.05) is 0 Å². The van der Waals surface area contributed by atoms with Crippen LogP contribution in [0.15, 0.2) is 0 Å². The number of carbonyl (C=O) groups excluding carboxylic acids is 1. The van der Waals surface area contributed by atoms with E-state index >= 15 is 0 Å². The van der Waals surface area contributed by atoms with E-state index in [0.29, 0.717) is 5.92 Å². The van der Waals surface area contributed by atoms with Gasteiger partial charge in [0, 0.05) is 6.54 Å². The number of halogens is 1. The Morgan fingerprint density at radius 2 is 1.52 bits per heavy atom. The van der Waals surface area contributed by atoms with Crippen molar-refractivity contribution in [3.8, 4) is 0 Å². The summed E-state index contributed by atoms with van der Waals surface area (Å²) in [5, 5.41) is 0. The maximum Gasteiger partial charge on any atom is 0.309 e. The highest BCUT2D eigenvalue weighted by Crippen LogP contribution is 2.30. The predicted molar refractivity (Wildman–Crippen MR) is 88.8 cm³/mol. The number of nitrogens with zero attached hydrogens (tertiary/aromatic N) is 1. The fourth-order valence-corrected chi connectivity index (χ4v) is 3.73. The summed E-state index contributed by atoms with van der Waals surface area (Å²) >= 11 is 0. The van der Waals surface area contributed by atoms with Crippen molar-refractivity contribution in [3.05, 3.63) is 0 Å². The Kier molecular flexibility index (Phi) is 8.65. The second-order valence-corrected chi connectivity index (χ2v) is 6.97. The first kappa shape index (κ1) is 18.8. The first-order valence-corrected chi connectivity index (χ1v) is 8.52. The van der Waals surface area contributed by atoms with Gasteiger partial charge in [0.15, 0.2) is 0 Å². The van der Waals surface area contributed by atoms with Gasteiger partial charge in [0.05, 0.1) is 5.92 Å². The standard InChI is InChI=1S/C17H31NO2.ClH/c1-18(2)13-16(14-9-5-3-6-10-14)20-17(19)15-11-7-4-8-12-15;/h14-16H,3-13H2,1-2H3;1H. The quantitative estimate of drug-likeness (QED) is 0.717. The summed E-state index contributed by atoms with van der Waals surface area (Å²) in [6, 6.07) is 0. The van der Waals surface area contributed by atoms with E-state index in [4.69, 9.17) is 4.74 Å². The average Bonchev–Trinajstić information content (AvgIpc) is 2.48. The molecular weight excluding hydrogens is 286 g/mol. The van der Waals surface area contributed by atoms with E-state index in [-0.39, 0.29) is 30.4 Å². The van der Waals surface area contributed by atoms with Crippen molar-refractivity contribution < 1.29 is 9.53 Å². The first-order valence-electron chi connectivity index (χ1n) is 8.52. The number of hydrogen-bond acceptors (Lipinski definition) is 3. The molecule has 0 amide bonds. The Hall–Kier alpha value is -0.280. The molecule has 1 atom stereocenters. The third-order valence-electron chi connectivity index (χ3n) is 4.93. The summed E-state index contributed by atoms with van der Waals surface area (Å²) in [4.78, 5) is 14.6. The van der Waals surface area contributed by atoms with Gasteiger partial charge in [-0.15, -0.1) is 12.4 Å². The minimum absolute atomic E-state index is 0. The molecule has 1 unspecified atom stereocenters. The molecule has 21 heavy (non-hydrogen) atoms. The molecule has 2 aliphatic carbocycles. The van der Waals surface area contributed by atoms with E-state index in [1.54, 1.807) is 0 Å². The van der Waals surface area contributed by atoms with Crippen molar-refractivity contribution >= 4 is 18.4 Å². The molecule has 2 fully saturated rings. The molecule has 0 aromatic heterocycles. The van der Waals surface area contributed by atoms with Gasteiger partial charge < -0.3 is 9.64 Å². The maximum absolute atomic E-state index is 12.4. The molecule has 0 aromatic rings. The molecule has 2 aliphatic rings. The van der Waals surface area contributed by atoms with Crippen LogP contribution >= 0.6 is 12.4 Å².